The standard InChI is InChI=1S/C18H24N4O3/c1-12-10-15(20-25-12)18(24)19-14-5-6-16-13(11-14)4-7-17(23)22(16)9-8-21(2)3/h4,7,10,14H,5-6,8-9,11H2,1-3H3,(H,19,24)/t14-/m0/s1. The fourth-order valence-corrected chi connectivity index (χ4v) is 3.23. The molecular formula is C18H24N4O3. The van der Waals surface area contributed by atoms with E-state index in [9.17, 15) is 9.59 Å². The minimum absolute atomic E-state index is 0.0387. The van der Waals surface area contributed by atoms with Crippen LogP contribution in [0.25, 0.3) is 0 Å². The average Bonchev–Trinajstić information content (AvgIpc) is 3.00. The predicted octanol–water partition coefficient (Wildman–Crippen LogP) is 0.994. The molecule has 0 aliphatic heterocycles. The number of aryl methyl sites for hydroxylation is 1. The van der Waals surface area contributed by atoms with Gasteiger partial charge in [0.05, 0.1) is 0 Å². The first-order valence-corrected chi connectivity index (χ1v) is 8.54. The number of aromatic nitrogens is 2. The maximum absolute atomic E-state index is 12.2. The van der Waals surface area contributed by atoms with Gasteiger partial charge in [0.2, 0.25) is 0 Å². The molecule has 0 saturated carbocycles. The summed E-state index contributed by atoms with van der Waals surface area (Å²) in [5, 5.41) is 6.77. The maximum atomic E-state index is 12.2. The van der Waals surface area contributed by atoms with Gasteiger partial charge in [0.25, 0.3) is 11.5 Å². The second-order valence-electron chi connectivity index (χ2n) is 6.83. The predicted molar refractivity (Wildman–Crippen MR) is 93.8 cm³/mol. The molecule has 2 aromatic rings. The zero-order valence-corrected chi connectivity index (χ0v) is 14.9. The number of carbonyl (C=O) groups is 1. The Morgan fingerprint density at radius 2 is 2.24 bits per heavy atom. The van der Waals surface area contributed by atoms with Crippen LogP contribution in [0.5, 0.6) is 0 Å². The number of hydrogen-bond donors (Lipinski definition) is 1. The van der Waals surface area contributed by atoms with Crippen molar-refractivity contribution in [3.63, 3.8) is 0 Å². The molecule has 0 radical (unpaired) electrons. The van der Waals surface area contributed by atoms with Crippen molar-refractivity contribution in [2.24, 2.45) is 0 Å². The van der Waals surface area contributed by atoms with Crippen LogP contribution in [0.3, 0.4) is 0 Å². The Bertz CT molecular complexity index is 822. The SMILES string of the molecule is Cc1cc(C(=O)N[C@H]2CCc3c(ccc(=O)n3CCN(C)C)C2)no1. The van der Waals surface area contributed by atoms with Crippen LogP contribution in [0.2, 0.25) is 0 Å². The average molecular weight is 344 g/mol. The smallest absolute Gasteiger partial charge is 0.273 e. The highest BCUT2D eigenvalue weighted by molar-refractivity contribution is 5.92. The molecule has 0 bridgehead atoms. The number of fused-ring (bicyclic) bond motifs is 1. The van der Waals surface area contributed by atoms with Crippen LogP contribution in [0, 0.1) is 6.92 Å². The molecule has 0 spiro atoms. The summed E-state index contributed by atoms with van der Waals surface area (Å²) in [5.41, 5.74) is 2.57. The van der Waals surface area contributed by atoms with Gasteiger partial charge in [0, 0.05) is 37.0 Å². The molecule has 1 N–H and O–H groups in total. The Kier molecular flexibility index (Phi) is 5.03. The number of amides is 1. The second kappa shape index (κ2) is 7.23. The summed E-state index contributed by atoms with van der Waals surface area (Å²) >= 11 is 0. The van der Waals surface area contributed by atoms with E-state index >= 15 is 0 Å². The van der Waals surface area contributed by atoms with E-state index in [0.717, 1.165) is 37.1 Å². The summed E-state index contributed by atoms with van der Waals surface area (Å²) < 4.78 is 6.82. The van der Waals surface area contributed by atoms with Gasteiger partial charge in [-0.15, -0.1) is 0 Å². The van der Waals surface area contributed by atoms with Gasteiger partial charge in [-0.25, -0.2) is 0 Å². The molecule has 7 heteroatoms. The van der Waals surface area contributed by atoms with Gasteiger partial charge in [-0.05, 0) is 45.8 Å². The van der Waals surface area contributed by atoms with Crippen LogP contribution in [-0.2, 0) is 19.4 Å². The Balaban J connectivity index is 1.72. The summed E-state index contributed by atoms with van der Waals surface area (Å²) in [4.78, 5) is 26.5. The Morgan fingerprint density at radius 1 is 1.44 bits per heavy atom. The van der Waals surface area contributed by atoms with Crippen molar-refractivity contribution in [1.29, 1.82) is 0 Å². The number of hydrogen-bond acceptors (Lipinski definition) is 5. The summed E-state index contributed by atoms with van der Waals surface area (Å²) in [5.74, 6) is 0.398. The van der Waals surface area contributed by atoms with E-state index in [-0.39, 0.29) is 17.5 Å². The molecule has 1 atom stereocenters. The molecule has 3 rings (SSSR count). The van der Waals surface area contributed by atoms with E-state index < -0.39 is 0 Å². The van der Waals surface area contributed by atoms with Crippen LogP contribution < -0.4 is 10.9 Å². The summed E-state index contributed by atoms with van der Waals surface area (Å²) in [7, 11) is 4.00. The van der Waals surface area contributed by atoms with Crippen LogP contribution in [0.15, 0.2) is 27.5 Å². The number of rotatable bonds is 5. The minimum Gasteiger partial charge on any atom is -0.361 e. The van der Waals surface area contributed by atoms with Crippen molar-refractivity contribution >= 4 is 5.91 Å². The highest BCUT2D eigenvalue weighted by atomic mass is 16.5. The van der Waals surface area contributed by atoms with Crippen molar-refractivity contribution in [3.05, 3.63) is 51.3 Å². The number of nitrogens with zero attached hydrogens (tertiary/aromatic N) is 3. The third kappa shape index (κ3) is 3.99. The molecule has 7 nitrogen and oxygen atoms in total. The summed E-state index contributed by atoms with van der Waals surface area (Å²) in [6.45, 7) is 3.26. The number of carbonyl (C=O) groups excluding carboxylic acids is 1. The van der Waals surface area contributed by atoms with E-state index in [1.165, 1.54) is 0 Å². The summed E-state index contributed by atoms with van der Waals surface area (Å²) in [6.07, 6.45) is 2.31. The molecule has 0 saturated heterocycles. The van der Waals surface area contributed by atoms with Crippen molar-refractivity contribution in [1.82, 2.24) is 19.9 Å². The van der Waals surface area contributed by atoms with Crippen molar-refractivity contribution < 1.29 is 9.32 Å². The molecule has 0 aromatic carbocycles. The van der Waals surface area contributed by atoms with Crippen molar-refractivity contribution in [2.45, 2.75) is 38.8 Å². The van der Waals surface area contributed by atoms with E-state index in [2.05, 4.69) is 15.4 Å². The van der Waals surface area contributed by atoms with E-state index in [1.54, 1.807) is 19.1 Å². The Hall–Kier alpha value is -2.41. The van der Waals surface area contributed by atoms with Gasteiger partial charge in [0.15, 0.2) is 5.69 Å². The first-order chi connectivity index (χ1) is 11.9. The van der Waals surface area contributed by atoms with Gasteiger partial charge in [-0.3, -0.25) is 9.59 Å². The normalized spacial score (nSPS) is 16.7. The lowest BCUT2D eigenvalue weighted by atomic mass is 9.91. The molecule has 0 fully saturated rings. The highest BCUT2D eigenvalue weighted by Gasteiger charge is 2.24. The maximum Gasteiger partial charge on any atom is 0.273 e. The molecule has 134 valence electrons. The van der Waals surface area contributed by atoms with Gasteiger partial charge in [0.1, 0.15) is 5.76 Å². The highest BCUT2D eigenvalue weighted by Crippen LogP contribution is 2.20. The number of likely N-dealkylation sites (N-methyl/N-ethyl adjacent to an activating group) is 1. The van der Waals surface area contributed by atoms with Crippen molar-refractivity contribution in [3.8, 4) is 0 Å². The molecular weight excluding hydrogens is 320 g/mol. The largest absolute Gasteiger partial charge is 0.361 e. The van der Waals surface area contributed by atoms with Gasteiger partial charge in [-0.1, -0.05) is 11.2 Å². The second-order valence-corrected chi connectivity index (χ2v) is 6.83. The molecule has 1 aliphatic rings. The lowest BCUT2D eigenvalue weighted by Crippen LogP contribution is -2.41. The van der Waals surface area contributed by atoms with Crippen LogP contribution in [0.4, 0.5) is 0 Å². The van der Waals surface area contributed by atoms with Crippen LogP contribution in [-0.4, -0.2) is 47.2 Å². The molecule has 1 amide bonds. The minimum atomic E-state index is -0.216. The molecule has 1 aliphatic carbocycles. The number of pyridine rings is 1. The van der Waals surface area contributed by atoms with Gasteiger partial charge in [-0.2, -0.15) is 0 Å². The summed E-state index contributed by atoms with van der Waals surface area (Å²) in [6, 6.07) is 5.18. The lowest BCUT2D eigenvalue weighted by Gasteiger charge is -2.28. The van der Waals surface area contributed by atoms with E-state index in [1.807, 2.05) is 24.7 Å². The molecule has 2 heterocycles. The zero-order chi connectivity index (χ0) is 18.0. The molecule has 2 aromatic heterocycles. The third-order valence-electron chi connectivity index (χ3n) is 4.55. The quantitative estimate of drug-likeness (QED) is 0.875. The molecule has 0 unspecified atom stereocenters. The fraction of sp³-hybridized carbons (Fsp3) is 0.500. The monoisotopic (exact) mass is 344 g/mol. The fourth-order valence-electron chi connectivity index (χ4n) is 3.23. The Labute approximate surface area is 146 Å². The first-order valence-electron chi connectivity index (χ1n) is 8.54. The topological polar surface area (TPSA) is 80.4 Å². The van der Waals surface area contributed by atoms with Crippen LogP contribution >= 0.6 is 0 Å². The Morgan fingerprint density at radius 3 is 2.92 bits per heavy atom. The van der Waals surface area contributed by atoms with Crippen LogP contribution in [0.1, 0.15) is 33.9 Å². The van der Waals surface area contributed by atoms with Gasteiger partial charge >= 0.3 is 0 Å². The lowest BCUT2D eigenvalue weighted by molar-refractivity contribution is 0.0924. The molecule has 25 heavy (non-hydrogen) atoms. The van der Waals surface area contributed by atoms with Crippen molar-refractivity contribution in [2.75, 3.05) is 20.6 Å². The third-order valence-corrected chi connectivity index (χ3v) is 4.55. The van der Waals surface area contributed by atoms with E-state index in [4.69, 9.17) is 4.52 Å². The van der Waals surface area contributed by atoms with Gasteiger partial charge < -0.3 is 19.3 Å². The zero-order valence-electron chi connectivity index (χ0n) is 14.9. The van der Waals surface area contributed by atoms with E-state index in [0.29, 0.717) is 18.0 Å². The first kappa shape index (κ1) is 17.4. The number of nitrogens with one attached hydrogen (secondary N) is 1.